The van der Waals surface area contributed by atoms with Crippen molar-refractivity contribution >= 4 is 62.4 Å². The van der Waals surface area contributed by atoms with Crippen LogP contribution < -0.4 is 4.72 Å². The SMILES string of the molecule is CC(C)NS(=O)(=O)c1ccc(-c2sc(-c3nnc(CC(C)(C)OC=O)s3)nc2CC2CCC2)c(Cl)c1Cl. The number of carbonyl (C=O) groups excluding carboxylic acids is 1. The fourth-order valence-corrected chi connectivity index (χ4v) is 8.37. The summed E-state index contributed by atoms with van der Waals surface area (Å²) in [6.45, 7) is 7.54. The Morgan fingerprint density at radius 1 is 1.16 bits per heavy atom. The van der Waals surface area contributed by atoms with Crippen LogP contribution in [0, 0.1) is 5.92 Å². The molecule has 37 heavy (non-hydrogen) atoms. The molecule has 2 heterocycles. The van der Waals surface area contributed by atoms with E-state index in [2.05, 4.69) is 14.9 Å². The molecule has 200 valence electrons. The van der Waals surface area contributed by atoms with Gasteiger partial charge in [-0.05, 0) is 46.1 Å². The molecule has 8 nitrogen and oxygen atoms in total. The Balaban J connectivity index is 1.72. The third-order valence-corrected chi connectivity index (χ3v) is 10.9. The van der Waals surface area contributed by atoms with E-state index in [1.165, 1.54) is 35.2 Å². The number of halogens is 2. The zero-order valence-corrected chi connectivity index (χ0v) is 24.8. The van der Waals surface area contributed by atoms with Gasteiger partial charge in [0.05, 0.1) is 20.6 Å². The number of thiazole rings is 1. The summed E-state index contributed by atoms with van der Waals surface area (Å²) in [7, 11) is -3.82. The second-order valence-electron chi connectivity index (χ2n) is 9.96. The predicted octanol–water partition coefficient (Wildman–Crippen LogP) is 6.16. The van der Waals surface area contributed by atoms with Gasteiger partial charge in [0, 0.05) is 18.0 Å². The summed E-state index contributed by atoms with van der Waals surface area (Å²) in [5, 5.41) is 10.8. The summed E-state index contributed by atoms with van der Waals surface area (Å²) in [4.78, 5) is 16.5. The third kappa shape index (κ3) is 6.51. The average Bonchev–Trinajstić information content (AvgIpc) is 3.38. The summed E-state index contributed by atoms with van der Waals surface area (Å²) in [5.74, 6) is 0.545. The Morgan fingerprint density at radius 2 is 1.89 bits per heavy atom. The van der Waals surface area contributed by atoms with E-state index >= 15 is 0 Å². The molecule has 1 N–H and O–H groups in total. The summed E-state index contributed by atoms with van der Waals surface area (Å²) in [6, 6.07) is 2.89. The van der Waals surface area contributed by atoms with Crippen molar-refractivity contribution < 1.29 is 17.9 Å². The molecule has 0 amide bonds. The summed E-state index contributed by atoms with van der Waals surface area (Å²) >= 11 is 16.0. The zero-order valence-electron chi connectivity index (χ0n) is 20.9. The van der Waals surface area contributed by atoms with Crippen LogP contribution in [0.5, 0.6) is 0 Å². The molecule has 0 radical (unpaired) electrons. The molecule has 1 saturated carbocycles. The maximum absolute atomic E-state index is 12.7. The van der Waals surface area contributed by atoms with Gasteiger partial charge < -0.3 is 4.74 Å². The Kier molecular flexibility index (Phi) is 8.62. The average molecular weight is 604 g/mol. The second kappa shape index (κ2) is 11.2. The van der Waals surface area contributed by atoms with Crippen molar-refractivity contribution in [1.29, 1.82) is 0 Å². The number of rotatable bonds is 11. The largest absolute Gasteiger partial charge is 0.461 e. The first kappa shape index (κ1) is 28.4. The molecule has 1 aliphatic carbocycles. The molecule has 0 unspecified atom stereocenters. The molecule has 0 bridgehead atoms. The van der Waals surface area contributed by atoms with Crippen LogP contribution in [0.4, 0.5) is 0 Å². The topological polar surface area (TPSA) is 111 Å². The van der Waals surface area contributed by atoms with E-state index in [0.29, 0.717) is 34.4 Å². The Bertz CT molecular complexity index is 1400. The van der Waals surface area contributed by atoms with Crippen molar-refractivity contribution in [2.45, 2.75) is 76.3 Å². The van der Waals surface area contributed by atoms with Crippen LogP contribution in [0.25, 0.3) is 20.5 Å². The molecule has 2 aromatic heterocycles. The Labute approximate surface area is 234 Å². The van der Waals surface area contributed by atoms with Gasteiger partial charge in [-0.15, -0.1) is 21.5 Å². The van der Waals surface area contributed by atoms with E-state index < -0.39 is 15.6 Å². The molecule has 1 aliphatic rings. The molecule has 4 rings (SSSR count). The highest BCUT2D eigenvalue weighted by Crippen LogP contribution is 2.45. The third-order valence-electron chi connectivity index (χ3n) is 5.97. The summed E-state index contributed by atoms with van der Waals surface area (Å²) in [5.41, 5.74) is 0.831. The van der Waals surface area contributed by atoms with Gasteiger partial charge in [-0.25, -0.2) is 18.1 Å². The first-order valence-electron chi connectivity index (χ1n) is 11.8. The monoisotopic (exact) mass is 602 g/mol. The van der Waals surface area contributed by atoms with Crippen molar-refractivity contribution in [3.63, 3.8) is 0 Å². The lowest BCUT2D eigenvalue weighted by Crippen LogP contribution is -2.30. The zero-order chi connectivity index (χ0) is 27.0. The van der Waals surface area contributed by atoms with Crippen molar-refractivity contribution in [3.05, 3.63) is 32.9 Å². The predicted molar refractivity (Wildman–Crippen MR) is 148 cm³/mol. The maximum Gasteiger partial charge on any atom is 0.293 e. The van der Waals surface area contributed by atoms with Gasteiger partial charge in [-0.2, -0.15) is 0 Å². The van der Waals surface area contributed by atoms with Crippen LogP contribution in [-0.4, -0.2) is 41.7 Å². The highest BCUT2D eigenvalue weighted by molar-refractivity contribution is 7.89. The number of sulfonamides is 1. The van der Waals surface area contributed by atoms with Crippen molar-refractivity contribution in [2.75, 3.05) is 0 Å². The van der Waals surface area contributed by atoms with Gasteiger partial charge >= 0.3 is 0 Å². The molecular weight excluding hydrogens is 575 g/mol. The van der Waals surface area contributed by atoms with E-state index in [1.807, 2.05) is 13.8 Å². The molecule has 1 aromatic carbocycles. The highest BCUT2D eigenvalue weighted by atomic mass is 35.5. The van der Waals surface area contributed by atoms with Crippen LogP contribution in [0.2, 0.25) is 10.0 Å². The van der Waals surface area contributed by atoms with E-state index in [-0.39, 0.29) is 21.0 Å². The standard InChI is InChI=1S/C24H28Cl2N4O4S3/c1-13(2)30-37(32,33)17-9-8-15(19(25)20(17)26)21-16(10-14-6-5-7-14)27-22(36-21)23-29-28-18(35-23)11-24(3,4)34-12-31/h8-9,12-14,30H,5-7,10-11H2,1-4H3. The smallest absolute Gasteiger partial charge is 0.293 e. The van der Waals surface area contributed by atoms with Gasteiger partial charge in [0.1, 0.15) is 15.5 Å². The summed E-state index contributed by atoms with van der Waals surface area (Å²) < 4.78 is 33.2. The minimum absolute atomic E-state index is 0.0209. The van der Waals surface area contributed by atoms with Gasteiger partial charge in [-0.3, -0.25) is 4.79 Å². The fraction of sp³-hybridized carbons (Fsp3) is 0.500. The number of hydrogen-bond donors (Lipinski definition) is 1. The van der Waals surface area contributed by atoms with Gasteiger partial charge in [-0.1, -0.05) is 59.9 Å². The summed E-state index contributed by atoms with van der Waals surface area (Å²) in [6.07, 6.45) is 4.72. The molecule has 0 atom stereocenters. The highest BCUT2D eigenvalue weighted by Gasteiger charge is 2.28. The molecule has 0 aliphatic heterocycles. The lowest BCUT2D eigenvalue weighted by atomic mass is 9.82. The van der Waals surface area contributed by atoms with Crippen molar-refractivity contribution in [1.82, 2.24) is 19.9 Å². The molecule has 13 heteroatoms. The van der Waals surface area contributed by atoms with E-state index in [0.717, 1.165) is 34.8 Å². The Morgan fingerprint density at radius 3 is 2.51 bits per heavy atom. The van der Waals surface area contributed by atoms with Crippen LogP contribution >= 0.6 is 45.9 Å². The fourth-order valence-electron chi connectivity index (χ4n) is 4.00. The second-order valence-corrected chi connectivity index (χ2v) is 14.5. The van der Waals surface area contributed by atoms with Crippen LogP contribution in [0.15, 0.2) is 17.0 Å². The number of hydrogen-bond acceptors (Lipinski definition) is 9. The van der Waals surface area contributed by atoms with Gasteiger partial charge in [0.15, 0.2) is 10.0 Å². The van der Waals surface area contributed by atoms with E-state index in [4.69, 9.17) is 32.9 Å². The minimum Gasteiger partial charge on any atom is -0.461 e. The molecule has 3 aromatic rings. The molecule has 0 spiro atoms. The first-order valence-corrected chi connectivity index (χ1v) is 15.7. The van der Waals surface area contributed by atoms with Crippen LogP contribution in [-0.2, 0) is 32.4 Å². The Hall–Kier alpha value is -1.63. The van der Waals surface area contributed by atoms with E-state index in [9.17, 15) is 13.2 Å². The van der Waals surface area contributed by atoms with Gasteiger partial charge in [0.25, 0.3) is 6.47 Å². The van der Waals surface area contributed by atoms with E-state index in [1.54, 1.807) is 19.9 Å². The van der Waals surface area contributed by atoms with Gasteiger partial charge in [0.2, 0.25) is 10.0 Å². The molecule has 1 fully saturated rings. The van der Waals surface area contributed by atoms with Crippen LogP contribution in [0.3, 0.4) is 0 Å². The molecular formula is C24H28Cl2N4O4S3. The number of nitrogens with zero attached hydrogens (tertiary/aromatic N) is 3. The normalized spacial score (nSPS) is 14.7. The first-order chi connectivity index (χ1) is 17.4. The quantitative estimate of drug-likeness (QED) is 0.262. The van der Waals surface area contributed by atoms with Crippen LogP contribution in [0.1, 0.15) is 57.7 Å². The van der Waals surface area contributed by atoms with Crippen molar-refractivity contribution in [3.8, 4) is 20.5 Å². The maximum atomic E-state index is 12.7. The van der Waals surface area contributed by atoms with Crippen molar-refractivity contribution in [2.24, 2.45) is 5.92 Å². The lowest BCUT2D eigenvalue weighted by molar-refractivity contribution is -0.140. The lowest BCUT2D eigenvalue weighted by Gasteiger charge is -2.24. The number of aromatic nitrogens is 3. The number of ether oxygens (including phenoxy) is 1. The minimum atomic E-state index is -3.82. The number of benzene rings is 1. The molecule has 0 saturated heterocycles. The number of nitrogens with one attached hydrogen (secondary N) is 1. The number of carbonyl (C=O) groups is 1.